The van der Waals surface area contributed by atoms with E-state index in [1.54, 1.807) is 47.8 Å². The Bertz CT molecular complexity index is 1190. The van der Waals surface area contributed by atoms with Gasteiger partial charge in [0.1, 0.15) is 5.82 Å². The number of thiazole rings is 1. The fourth-order valence-corrected chi connectivity index (χ4v) is 3.79. The third-order valence-electron chi connectivity index (χ3n) is 4.50. The van der Waals surface area contributed by atoms with Gasteiger partial charge in [0, 0.05) is 16.5 Å². The average Bonchev–Trinajstić information content (AvgIpc) is 3.24. The van der Waals surface area contributed by atoms with Gasteiger partial charge < -0.3 is 0 Å². The van der Waals surface area contributed by atoms with E-state index < -0.39 is 17.6 Å². The molecule has 0 radical (unpaired) electrons. The molecule has 0 N–H and O–H groups in total. The molecule has 0 unspecified atom stereocenters. The van der Waals surface area contributed by atoms with Crippen molar-refractivity contribution in [2.24, 2.45) is 0 Å². The van der Waals surface area contributed by atoms with E-state index in [4.69, 9.17) is 0 Å². The Morgan fingerprint density at radius 1 is 0.871 bits per heavy atom. The Hall–Kier alpha value is -3.52. The van der Waals surface area contributed by atoms with Crippen LogP contribution in [-0.2, 0) is 6.18 Å². The second kappa shape index (κ2) is 8.31. The zero-order chi connectivity index (χ0) is 22.0. The molecule has 1 aromatic heterocycles. The minimum Gasteiger partial charge on any atom is -0.268 e. The Balaban J connectivity index is 1.72. The van der Waals surface area contributed by atoms with Crippen LogP contribution in [0.2, 0.25) is 0 Å². The number of halogens is 4. The molecule has 4 aromatic rings. The highest BCUT2D eigenvalue weighted by atomic mass is 32.1. The van der Waals surface area contributed by atoms with Crippen LogP contribution in [-0.4, -0.2) is 10.9 Å². The molecule has 0 spiro atoms. The highest BCUT2D eigenvalue weighted by Crippen LogP contribution is 2.34. The fourth-order valence-electron chi connectivity index (χ4n) is 2.94. The predicted octanol–water partition coefficient (Wildman–Crippen LogP) is 6.95. The molecule has 0 fully saturated rings. The summed E-state index contributed by atoms with van der Waals surface area (Å²) in [5.74, 6) is -0.887. The van der Waals surface area contributed by atoms with Crippen LogP contribution in [0.3, 0.4) is 0 Å². The SMILES string of the molecule is O=C(c1ccc(C(F)(F)F)cc1)N(c1ccccc1)c1nc(-c2ccc(F)cc2)cs1. The minimum absolute atomic E-state index is 0.0929. The van der Waals surface area contributed by atoms with Gasteiger partial charge in [0.2, 0.25) is 0 Å². The molecule has 0 aliphatic rings. The summed E-state index contributed by atoms with van der Waals surface area (Å²) in [6.45, 7) is 0. The normalized spacial score (nSPS) is 11.4. The van der Waals surface area contributed by atoms with Gasteiger partial charge in [-0.1, -0.05) is 18.2 Å². The summed E-state index contributed by atoms with van der Waals surface area (Å²) in [4.78, 5) is 19.1. The minimum atomic E-state index is -4.49. The molecular weight excluding hydrogens is 428 g/mol. The third-order valence-corrected chi connectivity index (χ3v) is 5.33. The molecule has 0 atom stereocenters. The highest BCUT2D eigenvalue weighted by molar-refractivity contribution is 7.14. The lowest BCUT2D eigenvalue weighted by molar-refractivity contribution is -0.137. The summed E-state index contributed by atoms with van der Waals surface area (Å²) < 4.78 is 51.8. The van der Waals surface area contributed by atoms with Gasteiger partial charge in [-0.15, -0.1) is 11.3 Å². The molecule has 0 aliphatic carbocycles. The Morgan fingerprint density at radius 3 is 2.13 bits per heavy atom. The summed E-state index contributed by atoms with van der Waals surface area (Å²) in [5.41, 5.74) is 1.02. The van der Waals surface area contributed by atoms with E-state index >= 15 is 0 Å². The van der Waals surface area contributed by atoms with Gasteiger partial charge in [-0.05, 0) is 60.7 Å². The molecule has 0 saturated carbocycles. The number of carbonyl (C=O) groups excluding carboxylic acids is 1. The number of hydrogen-bond acceptors (Lipinski definition) is 3. The van der Waals surface area contributed by atoms with Crippen molar-refractivity contribution in [2.45, 2.75) is 6.18 Å². The maximum atomic E-state index is 13.3. The Kier molecular flexibility index (Phi) is 5.56. The van der Waals surface area contributed by atoms with Crippen LogP contribution in [0.1, 0.15) is 15.9 Å². The molecule has 1 amide bonds. The van der Waals surface area contributed by atoms with E-state index in [-0.39, 0.29) is 11.4 Å². The summed E-state index contributed by atoms with van der Waals surface area (Å²) in [7, 11) is 0. The lowest BCUT2D eigenvalue weighted by atomic mass is 10.1. The van der Waals surface area contributed by atoms with Gasteiger partial charge in [0.15, 0.2) is 5.13 Å². The number of nitrogens with zero attached hydrogens (tertiary/aromatic N) is 2. The predicted molar refractivity (Wildman–Crippen MR) is 112 cm³/mol. The first-order valence-electron chi connectivity index (χ1n) is 9.11. The van der Waals surface area contributed by atoms with E-state index in [1.165, 1.54) is 28.4 Å². The van der Waals surface area contributed by atoms with Crippen molar-refractivity contribution in [1.29, 1.82) is 0 Å². The number of rotatable bonds is 4. The maximum absolute atomic E-state index is 13.3. The second-order valence-corrected chi connectivity index (χ2v) is 7.41. The Morgan fingerprint density at radius 2 is 1.52 bits per heavy atom. The molecule has 3 nitrogen and oxygen atoms in total. The lowest BCUT2D eigenvalue weighted by Crippen LogP contribution is -2.26. The number of benzene rings is 3. The molecule has 3 aromatic carbocycles. The van der Waals surface area contributed by atoms with Crippen LogP contribution in [0.15, 0.2) is 84.2 Å². The Labute approximate surface area is 179 Å². The first-order chi connectivity index (χ1) is 14.8. The molecule has 1 heterocycles. The van der Waals surface area contributed by atoms with Crippen molar-refractivity contribution < 1.29 is 22.4 Å². The number of aromatic nitrogens is 1. The summed E-state index contributed by atoms with van der Waals surface area (Å²) >= 11 is 1.20. The highest BCUT2D eigenvalue weighted by Gasteiger charge is 2.31. The summed E-state index contributed by atoms with van der Waals surface area (Å²) in [5, 5.41) is 2.08. The quantitative estimate of drug-likeness (QED) is 0.321. The number of hydrogen-bond donors (Lipinski definition) is 0. The number of anilines is 2. The van der Waals surface area contributed by atoms with Gasteiger partial charge in [-0.25, -0.2) is 9.37 Å². The van der Waals surface area contributed by atoms with Gasteiger partial charge in [-0.2, -0.15) is 13.2 Å². The van der Waals surface area contributed by atoms with E-state index in [0.29, 0.717) is 22.1 Å². The van der Waals surface area contributed by atoms with Crippen LogP contribution in [0.4, 0.5) is 28.4 Å². The largest absolute Gasteiger partial charge is 0.416 e. The van der Waals surface area contributed by atoms with Crippen molar-refractivity contribution in [1.82, 2.24) is 4.98 Å². The van der Waals surface area contributed by atoms with Crippen molar-refractivity contribution in [3.63, 3.8) is 0 Å². The van der Waals surface area contributed by atoms with Crippen LogP contribution < -0.4 is 4.90 Å². The smallest absolute Gasteiger partial charge is 0.268 e. The monoisotopic (exact) mass is 442 g/mol. The van der Waals surface area contributed by atoms with Crippen LogP contribution >= 0.6 is 11.3 Å². The van der Waals surface area contributed by atoms with Crippen LogP contribution in [0, 0.1) is 5.82 Å². The maximum Gasteiger partial charge on any atom is 0.416 e. The molecule has 0 bridgehead atoms. The first kappa shape index (κ1) is 20.7. The standard InChI is InChI=1S/C23H14F4N2OS/c24-18-12-8-15(9-13-18)20-14-31-22(28-20)29(19-4-2-1-3-5-19)21(30)16-6-10-17(11-7-16)23(25,26)27/h1-14H. The van der Waals surface area contributed by atoms with Crippen molar-refractivity contribution in [2.75, 3.05) is 4.90 Å². The third kappa shape index (κ3) is 4.49. The van der Waals surface area contributed by atoms with Crippen molar-refractivity contribution >= 4 is 28.1 Å². The van der Waals surface area contributed by atoms with Gasteiger partial charge in [0.25, 0.3) is 5.91 Å². The molecule has 8 heteroatoms. The molecular formula is C23H14F4N2OS. The number of alkyl halides is 3. The van der Waals surface area contributed by atoms with Crippen molar-refractivity contribution in [3.8, 4) is 11.3 Å². The summed E-state index contributed by atoms with van der Waals surface area (Å²) in [6, 6.07) is 18.5. The zero-order valence-corrected chi connectivity index (χ0v) is 16.6. The molecule has 0 aliphatic heterocycles. The molecule has 0 saturated heterocycles. The van der Waals surface area contributed by atoms with Crippen molar-refractivity contribution in [3.05, 3.63) is 101 Å². The second-order valence-electron chi connectivity index (χ2n) is 6.57. The number of carbonyl (C=O) groups is 1. The zero-order valence-electron chi connectivity index (χ0n) is 15.8. The first-order valence-corrected chi connectivity index (χ1v) is 9.99. The fraction of sp³-hybridized carbons (Fsp3) is 0.0435. The topological polar surface area (TPSA) is 33.2 Å². The van der Waals surface area contributed by atoms with Gasteiger partial charge >= 0.3 is 6.18 Å². The van der Waals surface area contributed by atoms with Crippen LogP contribution in [0.25, 0.3) is 11.3 Å². The average molecular weight is 442 g/mol. The molecule has 31 heavy (non-hydrogen) atoms. The van der Waals surface area contributed by atoms with Crippen LogP contribution in [0.5, 0.6) is 0 Å². The van der Waals surface area contributed by atoms with E-state index in [2.05, 4.69) is 4.98 Å². The van der Waals surface area contributed by atoms with Gasteiger partial charge in [-0.3, -0.25) is 9.69 Å². The lowest BCUT2D eigenvalue weighted by Gasteiger charge is -2.20. The number of para-hydroxylation sites is 1. The molecule has 156 valence electrons. The molecule has 4 rings (SSSR count). The number of amides is 1. The van der Waals surface area contributed by atoms with Gasteiger partial charge in [0.05, 0.1) is 16.9 Å². The van der Waals surface area contributed by atoms with E-state index in [0.717, 1.165) is 24.3 Å². The summed E-state index contributed by atoms with van der Waals surface area (Å²) in [6.07, 6.45) is -4.49. The van der Waals surface area contributed by atoms with E-state index in [1.807, 2.05) is 0 Å². The van der Waals surface area contributed by atoms with E-state index in [9.17, 15) is 22.4 Å².